The van der Waals surface area contributed by atoms with E-state index in [1.54, 1.807) is 6.07 Å². The number of rotatable bonds is 3. The molecular weight excluding hydrogens is 212 g/mol. The molecule has 0 saturated carbocycles. The number of allylic oxidation sites excluding steroid dienone is 1. The van der Waals surface area contributed by atoms with Crippen molar-refractivity contribution in [2.75, 3.05) is 6.73 Å². The van der Waals surface area contributed by atoms with E-state index < -0.39 is 5.97 Å². The van der Waals surface area contributed by atoms with Crippen LogP contribution in [0.15, 0.2) is 38.0 Å². The molecule has 0 aromatic rings. The van der Waals surface area contributed by atoms with Crippen LogP contribution in [0.4, 0.5) is 0 Å². The average molecular weight is 226 g/mol. The van der Waals surface area contributed by atoms with Gasteiger partial charge in [-0.05, 0) is 6.08 Å². The summed E-state index contributed by atoms with van der Waals surface area (Å²) in [7, 11) is 0. The normalized spacial score (nSPS) is 6.25. The molecule has 6 heteroatoms. The van der Waals surface area contributed by atoms with Gasteiger partial charge in [-0.3, -0.25) is 4.79 Å². The van der Waals surface area contributed by atoms with Gasteiger partial charge < -0.3 is 15.5 Å². The van der Waals surface area contributed by atoms with Crippen molar-refractivity contribution in [3.8, 4) is 6.07 Å². The molecule has 0 aromatic carbocycles. The first kappa shape index (κ1) is 19.2. The molecular formula is C10H14N2O4. The second-order valence-corrected chi connectivity index (χ2v) is 1.78. The van der Waals surface area contributed by atoms with E-state index in [-0.39, 0.29) is 12.6 Å². The van der Waals surface area contributed by atoms with Crippen molar-refractivity contribution in [1.29, 1.82) is 5.26 Å². The van der Waals surface area contributed by atoms with Gasteiger partial charge in [0.25, 0.3) is 0 Å². The molecule has 6 nitrogen and oxygen atoms in total. The Morgan fingerprint density at radius 3 is 1.75 bits per heavy atom. The van der Waals surface area contributed by atoms with Gasteiger partial charge in [-0.15, -0.1) is 0 Å². The number of nitrogens with zero attached hydrogens (tertiary/aromatic N) is 1. The average Bonchev–Trinajstić information content (AvgIpc) is 2.30. The molecule has 0 rings (SSSR count). The molecule has 3 N–H and O–H groups in total. The molecule has 0 unspecified atom stereocenters. The highest BCUT2D eigenvalue weighted by Gasteiger charge is 1.84. The van der Waals surface area contributed by atoms with Crippen molar-refractivity contribution < 1.29 is 19.8 Å². The summed E-state index contributed by atoms with van der Waals surface area (Å²) in [4.78, 5) is 19.3. The van der Waals surface area contributed by atoms with Crippen molar-refractivity contribution in [3.05, 3.63) is 38.0 Å². The molecule has 88 valence electrons. The summed E-state index contributed by atoms with van der Waals surface area (Å²) in [5, 5.41) is 25.2. The lowest BCUT2D eigenvalue weighted by Gasteiger charge is -1.89. The van der Waals surface area contributed by atoms with Gasteiger partial charge in [-0.25, -0.2) is 4.79 Å². The van der Waals surface area contributed by atoms with Gasteiger partial charge in [0, 0.05) is 12.2 Å². The number of hydrogen-bond acceptors (Lipinski definition) is 4. The Hall–Kier alpha value is -2.39. The van der Waals surface area contributed by atoms with Crippen molar-refractivity contribution in [2.45, 2.75) is 0 Å². The van der Waals surface area contributed by atoms with E-state index >= 15 is 0 Å². The molecule has 0 spiro atoms. The molecule has 0 fully saturated rings. The summed E-state index contributed by atoms with van der Waals surface area (Å²) >= 11 is 0. The summed E-state index contributed by atoms with van der Waals surface area (Å²) < 4.78 is 0. The van der Waals surface area contributed by atoms with Crippen LogP contribution in [0.1, 0.15) is 0 Å². The van der Waals surface area contributed by atoms with Gasteiger partial charge in [-0.2, -0.15) is 5.26 Å². The highest BCUT2D eigenvalue weighted by Crippen LogP contribution is 1.59. The third-order valence-corrected chi connectivity index (χ3v) is 0.705. The minimum Gasteiger partial charge on any atom is -0.478 e. The van der Waals surface area contributed by atoms with E-state index in [0.717, 1.165) is 12.2 Å². The molecule has 1 amide bonds. The summed E-state index contributed by atoms with van der Waals surface area (Å²) in [5.74, 6) is -1.34. The molecule has 0 aliphatic carbocycles. The summed E-state index contributed by atoms with van der Waals surface area (Å²) in [5.41, 5.74) is 0. The third-order valence-electron chi connectivity index (χ3n) is 0.705. The van der Waals surface area contributed by atoms with Crippen LogP contribution in [0.25, 0.3) is 0 Å². The fraction of sp³-hybridized carbons (Fsp3) is 0.100. The number of carbonyl (C=O) groups is 2. The number of amides is 1. The summed E-state index contributed by atoms with van der Waals surface area (Å²) in [6.45, 7) is 8.91. The Balaban J connectivity index is -0.000000166. The molecule has 0 heterocycles. The first-order chi connectivity index (χ1) is 7.49. The van der Waals surface area contributed by atoms with E-state index in [1.807, 2.05) is 0 Å². The number of hydrogen-bond donors (Lipinski definition) is 3. The van der Waals surface area contributed by atoms with Crippen molar-refractivity contribution in [1.82, 2.24) is 5.32 Å². The van der Waals surface area contributed by atoms with Crippen LogP contribution in [0.5, 0.6) is 0 Å². The SMILES string of the molecule is C=CC#N.C=CC(=O)NCO.C=CC(=O)O. The predicted octanol–water partition coefficient (Wildman–Crippen LogP) is 0.191. The minimum absolute atomic E-state index is 0.329. The van der Waals surface area contributed by atoms with Gasteiger partial charge in [0.05, 0.1) is 6.07 Å². The number of carbonyl (C=O) groups excluding carboxylic acids is 1. The third kappa shape index (κ3) is 41.5. The Labute approximate surface area is 93.8 Å². The molecule has 0 radical (unpaired) electrons. The standard InChI is InChI=1S/C4H7NO2.C3H3N.C3H4O2/c1-2-4(7)5-3-6;1-2-3-4;1-2-3(4)5/h2,6H,1,3H2,(H,5,7);2H,1H2;2H,1H2,(H,4,5). The smallest absolute Gasteiger partial charge is 0.327 e. The number of carboxylic acids is 1. The van der Waals surface area contributed by atoms with Crippen LogP contribution in [-0.4, -0.2) is 28.8 Å². The van der Waals surface area contributed by atoms with Crippen molar-refractivity contribution in [3.63, 3.8) is 0 Å². The van der Waals surface area contributed by atoms with Crippen LogP contribution in [0.3, 0.4) is 0 Å². The predicted molar refractivity (Wildman–Crippen MR) is 59.1 cm³/mol. The topological polar surface area (TPSA) is 110 Å². The monoisotopic (exact) mass is 226 g/mol. The maximum atomic E-state index is 10.0. The Morgan fingerprint density at radius 1 is 1.31 bits per heavy atom. The summed E-state index contributed by atoms with van der Waals surface area (Å²) in [6, 6.07) is 1.69. The maximum Gasteiger partial charge on any atom is 0.327 e. The van der Waals surface area contributed by atoms with Crippen LogP contribution < -0.4 is 5.32 Å². The largest absolute Gasteiger partial charge is 0.478 e. The van der Waals surface area contributed by atoms with E-state index in [4.69, 9.17) is 15.5 Å². The van der Waals surface area contributed by atoms with E-state index in [9.17, 15) is 9.59 Å². The molecule has 16 heavy (non-hydrogen) atoms. The number of aliphatic hydroxyl groups is 1. The Morgan fingerprint density at radius 2 is 1.69 bits per heavy atom. The highest BCUT2D eigenvalue weighted by molar-refractivity contribution is 5.86. The molecule has 0 atom stereocenters. The fourth-order valence-corrected chi connectivity index (χ4v) is 0.150. The van der Waals surface area contributed by atoms with E-state index in [0.29, 0.717) is 0 Å². The van der Waals surface area contributed by atoms with Crippen molar-refractivity contribution in [2.24, 2.45) is 0 Å². The zero-order chi connectivity index (χ0) is 13.4. The number of nitrogens with one attached hydrogen (secondary N) is 1. The molecule has 0 aliphatic rings. The van der Waals surface area contributed by atoms with Crippen LogP contribution >= 0.6 is 0 Å². The van der Waals surface area contributed by atoms with Gasteiger partial charge >= 0.3 is 5.97 Å². The number of carboxylic acid groups (broad SMARTS) is 1. The Kier molecular flexibility index (Phi) is 22.1. The van der Waals surface area contributed by atoms with Gasteiger partial charge in [0.15, 0.2) is 0 Å². The lowest BCUT2D eigenvalue weighted by molar-refractivity contribution is -0.131. The Bertz CT molecular complexity index is 279. The highest BCUT2D eigenvalue weighted by atomic mass is 16.4. The second kappa shape index (κ2) is 18.4. The van der Waals surface area contributed by atoms with Crippen molar-refractivity contribution >= 4 is 11.9 Å². The first-order valence-corrected chi connectivity index (χ1v) is 3.87. The van der Waals surface area contributed by atoms with Gasteiger partial charge in [0.2, 0.25) is 5.91 Å². The molecule has 0 saturated heterocycles. The maximum absolute atomic E-state index is 10.0. The second-order valence-electron chi connectivity index (χ2n) is 1.78. The molecule has 0 aromatic heterocycles. The quantitative estimate of drug-likeness (QED) is 0.361. The zero-order valence-corrected chi connectivity index (χ0v) is 8.72. The number of nitriles is 1. The minimum atomic E-state index is -0.981. The molecule has 0 aliphatic heterocycles. The van der Waals surface area contributed by atoms with E-state index in [2.05, 4.69) is 25.1 Å². The first-order valence-electron chi connectivity index (χ1n) is 3.87. The number of aliphatic carboxylic acids is 1. The van der Waals surface area contributed by atoms with Crippen LogP contribution in [0.2, 0.25) is 0 Å². The van der Waals surface area contributed by atoms with Gasteiger partial charge in [-0.1, -0.05) is 19.7 Å². The van der Waals surface area contributed by atoms with Crippen LogP contribution in [0, 0.1) is 11.3 Å². The number of aliphatic hydroxyl groups excluding tert-OH is 1. The lowest BCUT2D eigenvalue weighted by atomic mass is 10.6. The van der Waals surface area contributed by atoms with Crippen LogP contribution in [-0.2, 0) is 9.59 Å². The summed E-state index contributed by atoms with van der Waals surface area (Å²) in [6.07, 6.45) is 3.11. The zero-order valence-electron chi connectivity index (χ0n) is 8.72. The van der Waals surface area contributed by atoms with Gasteiger partial charge in [0.1, 0.15) is 6.73 Å². The fourth-order valence-electron chi connectivity index (χ4n) is 0.150. The lowest BCUT2D eigenvalue weighted by Crippen LogP contribution is -2.20. The van der Waals surface area contributed by atoms with E-state index in [1.165, 1.54) is 6.08 Å². The molecule has 0 bridgehead atoms.